The molecule has 6 nitrogen and oxygen atoms in total. The number of piperidine rings is 1. The topological polar surface area (TPSA) is 60.0 Å². The van der Waals surface area contributed by atoms with Gasteiger partial charge in [0.1, 0.15) is 5.75 Å². The van der Waals surface area contributed by atoms with Crippen molar-refractivity contribution in [2.45, 2.75) is 25.8 Å². The molecule has 2 aromatic rings. The van der Waals surface area contributed by atoms with E-state index in [9.17, 15) is 4.79 Å². The summed E-state index contributed by atoms with van der Waals surface area (Å²) in [5, 5.41) is 3.03. The van der Waals surface area contributed by atoms with E-state index >= 15 is 0 Å². The van der Waals surface area contributed by atoms with Gasteiger partial charge in [-0.3, -0.25) is 9.69 Å². The first-order valence-electron chi connectivity index (χ1n) is 10.4. The van der Waals surface area contributed by atoms with Crippen LogP contribution in [0.4, 0.5) is 5.69 Å². The molecule has 152 valence electrons. The summed E-state index contributed by atoms with van der Waals surface area (Å²) in [6, 6.07) is 13.9. The first kappa shape index (κ1) is 18.3. The molecule has 0 saturated carbocycles. The van der Waals surface area contributed by atoms with Crippen LogP contribution in [0, 0.1) is 11.8 Å². The van der Waals surface area contributed by atoms with E-state index in [-0.39, 0.29) is 5.91 Å². The first-order valence-corrected chi connectivity index (χ1v) is 10.4. The van der Waals surface area contributed by atoms with E-state index in [4.69, 9.17) is 14.2 Å². The number of carbonyl (C=O) groups excluding carboxylic acids is 1. The van der Waals surface area contributed by atoms with Crippen molar-refractivity contribution in [1.82, 2.24) is 4.90 Å². The Morgan fingerprint density at radius 1 is 0.966 bits per heavy atom. The minimum absolute atomic E-state index is 0.0853. The molecule has 1 amide bonds. The number of benzene rings is 2. The van der Waals surface area contributed by atoms with E-state index in [2.05, 4.69) is 22.3 Å². The fourth-order valence-electron chi connectivity index (χ4n) is 4.65. The van der Waals surface area contributed by atoms with Gasteiger partial charge in [-0.05, 0) is 61.1 Å². The Hall–Kier alpha value is -2.73. The third-order valence-corrected chi connectivity index (χ3v) is 6.17. The zero-order valence-electron chi connectivity index (χ0n) is 16.4. The quantitative estimate of drug-likeness (QED) is 0.842. The van der Waals surface area contributed by atoms with Crippen LogP contribution < -0.4 is 19.5 Å². The minimum atomic E-state index is 0.0853. The average molecular weight is 394 g/mol. The Morgan fingerprint density at radius 2 is 1.86 bits per heavy atom. The minimum Gasteiger partial charge on any atom is -0.491 e. The predicted molar refractivity (Wildman–Crippen MR) is 109 cm³/mol. The maximum absolute atomic E-state index is 12.6. The van der Waals surface area contributed by atoms with Gasteiger partial charge in [0.2, 0.25) is 12.7 Å². The lowest BCUT2D eigenvalue weighted by molar-refractivity contribution is -0.118. The van der Waals surface area contributed by atoms with E-state index in [1.54, 1.807) is 0 Å². The van der Waals surface area contributed by atoms with Crippen LogP contribution in [0.25, 0.3) is 0 Å². The van der Waals surface area contributed by atoms with Gasteiger partial charge < -0.3 is 19.5 Å². The third kappa shape index (κ3) is 4.03. The molecule has 3 heterocycles. The highest BCUT2D eigenvalue weighted by Crippen LogP contribution is 2.35. The number of hydrogen-bond acceptors (Lipinski definition) is 5. The molecule has 2 aromatic carbocycles. The number of nitrogens with zero attached hydrogens (tertiary/aromatic N) is 1. The molecule has 0 aliphatic carbocycles. The molecule has 1 saturated heterocycles. The van der Waals surface area contributed by atoms with Crippen LogP contribution in [0.3, 0.4) is 0 Å². The van der Waals surface area contributed by atoms with Crippen LogP contribution in [0.1, 0.15) is 24.8 Å². The molecule has 6 heteroatoms. The fraction of sp³-hybridized carbons (Fsp3) is 0.435. The largest absolute Gasteiger partial charge is 0.491 e. The molecule has 0 radical (unpaired) electrons. The number of ether oxygens (including phenoxy) is 3. The highest BCUT2D eigenvalue weighted by atomic mass is 16.7. The lowest BCUT2D eigenvalue weighted by Gasteiger charge is -2.39. The summed E-state index contributed by atoms with van der Waals surface area (Å²) in [5.41, 5.74) is 2.01. The Labute approximate surface area is 170 Å². The monoisotopic (exact) mass is 394 g/mol. The number of carbonyl (C=O) groups is 1. The van der Waals surface area contributed by atoms with Gasteiger partial charge in [0, 0.05) is 19.5 Å². The molecule has 0 aromatic heterocycles. The normalized spacial score (nSPS) is 24.1. The van der Waals surface area contributed by atoms with E-state index in [0.717, 1.165) is 55.4 Å². The van der Waals surface area contributed by atoms with Gasteiger partial charge in [-0.2, -0.15) is 0 Å². The molecule has 1 N–H and O–H groups in total. The number of amides is 1. The lowest BCUT2D eigenvalue weighted by Crippen LogP contribution is -2.42. The fourth-order valence-corrected chi connectivity index (χ4v) is 4.65. The van der Waals surface area contributed by atoms with Gasteiger partial charge in [0.15, 0.2) is 11.5 Å². The van der Waals surface area contributed by atoms with Crippen molar-refractivity contribution < 1.29 is 19.0 Å². The van der Waals surface area contributed by atoms with Crippen molar-refractivity contribution in [3.63, 3.8) is 0 Å². The van der Waals surface area contributed by atoms with Crippen LogP contribution in [0.2, 0.25) is 0 Å². The Morgan fingerprint density at radius 3 is 2.83 bits per heavy atom. The third-order valence-electron chi connectivity index (χ3n) is 6.17. The van der Waals surface area contributed by atoms with Crippen molar-refractivity contribution in [2.75, 3.05) is 31.8 Å². The molecule has 0 unspecified atom stereocenters. The van der Waals surface area contributed by atoms with Gasteiger partial charge in [-0.15, -0.1) is 0 Å². The van der Waals surface area contributed by atoms with Crippen molar-refractivity contribution in [3.8, 4) is 17.2 Å². The van der Waals surface area contributed by atoms with Gasteiger partial charge >= 0.3 is 0 Å². The second-order valence-corrected chi connectivity index (χ2v) is 8.12. The summed E-state index contributed by atoms with van der Waals surface area (Å²) in [5.74, 6) is 3.35. The van der Waals surface area contributed by atoms with E-state index in [0.29, 0.717) is 31.7 Å². The zero-order chi connectivity index (χ0) is 19.6. The van der Waals surface area contributed by atoms with Crippen molar-refractivity contribution in [1.29, 1.82) is 0 Å². The average Bonchev–Trinajstić information content (AvgIpc) is 3.19. The van der Waals surface area contributed by atoms with Crippen LogP contribution in [-0.4, -0.2) is 37.3 Å². The molecule has 0 bridgehead atoms. The molecular formula is C23H26N2O4. The van der Waals surface area contributed by atoms with Crippen LogP contribution in [-0.2, 0) is 11.3 Å². The van der Waals surface area contributed by atoms with Crippen molar-refractivity contribution in [3.05, 3.63) is 48.0 Å². The second-order valence-electron chi connectivity index (χ2n) is 8.12. The standard InChI is InChI=1S/C23H26N2O4/c26-23-12-17-7-9-25(13-16-5-6-21-22(11-16)29-15-28-21)14-18(17)8-10-27-20-4-2-1-3-19(20)24-23/h1-6,11,17-18H,7-10,12-15H2,(H,24,26)/t17-,18-/m0/s1. The number of fused-ring (bicyclic) bond motifs is 3. The van der Waals surface area contributed by atoms with Gasteiger partial charge in [-0.1, -0.05) is 18.2 Å². The van der Waals surface area contributed by atoms with Crippen molar-refractivity contribution >= 4 is 11.6 Å². The lowest BCUT2D eigenvalue weighted by atomic mass is 9.81. The molecule has 3 aliphatic heterocycles. The highest BCUT2D eigenvalue weighted by molar-refractivity contribution is 5.92. The van der Waals surface area contributed by atoms with Crippen molar-refractivity contribution in [2.24, 2.45) is 11.8 Å². The van der Waals surface area contributed by atoms with E-state index < -0.39 is 0 Å². The Kier molecular flexibility index (Phi) is 5.02. The zero-order valence-corrected chi connectivity index (χ0v) is 16.4. The van der Waals surface area contributed by atoms with Crippen LogP contribution in [0.15, 0.2) is 42.5 Å². The molecule has 29 heavy (non-hydrogen) atoms. The Bertz CT molecular complexity index is 900. The first-order chi connectivity index (χ1) is 14.2. The smallest absolute Gasteiger partial charge is 0.231 e. The van der Waals surface area contributed by atoms with Gasteiger partial charge in [-0.25, -0.2) is 0 Å². The van der Waals surface area contributed by atoms with E-state index in [1.165, 1.54) is 5.56 Å². The molecule has 2 atom stereocenters. The molecule has 1 fully saturated rings. The van der Waals surface area contributed by atoms with Gasteiger partial charge in [0.05, 0.1) is 12.3 Å². The predicted octanol–water partition coefficient (Wildman–Crippen LogP) is 3.66. The summed E-state index contributed by atoms with van der Waals surface area (Å²) < 4.78 is 16.9. The summed E-state index contributed by atoms with van der Waals surface area (Å²) in [4.78, 5) is 15.1. The molecular weight excluding hydrogens is 368 g/mol. The van der Waals surface area contributed by atoms with Crippen LogP contribution in [0.5, 0.6) is 17.2 Å². The number of anilines is 1. The van der Waals surface area contributed by atoms with E-state index in [1.807, 2.05) is 30.3 Å². The molecule has 5 rings (SSSR count). The molecule has 0 spiro atoms. The Balaban J connectivity index is 1.26. The molecule has 3 aliphatic rings. The summed E-state index contributed by atoms with van der Waals surface area (Å²) >= 11 is 0. The second kappa shape index (κ2) is 7.95. The SMILES string of the molecule is O=C1C[C@@H]2CCN(Cc3ccc4c(c3)OCO4)C[C@@H]2CCOc2ccccc2N1. The summed E-state index contributed by atoms with van der Waals surface area (Å²) in [6.45, 7) is 3.84. The maximum Gasteiger partial charge on any atom is 0.231 e. The van der Waals surface area contributed by atoms with Gasteiger partial charge in [0.25, 0.3) is 0 Å². The summed E-state index contributed by atoms with van der Waals surface area (Å²) in [6.07, 6.45) is 2.57. The number of rotatable bonds is 2. The number of nitrogens with one attached hydrogen (secondary N) is 1. The number of hydrogen-bond donors (Lipinski definition) is 1. The number of para-hydroxylation sites is 2. The summed E-state index contributed by atoms with van der Waals surface area (Å²) in [7, 11) is 0. The number of likely N-dealkylation sites (tertiary alicyclic amines) is 1. The van der Waals surface area contributed by atoms with Crippen LogP contribution >= 0.6 is 0 Å². The maximum atomic E-state index is 12.6. The highest BCUT2D eigenvalue weighted by Gasteiger charge is 2.31.